The quantitative estimate of drug-likeness (QED) is 0.808. The molecule has 0 radical (unpaired) electrons. The SMILES string of the molecule is O=C1/C(=C/Nc2ccccc2)Cc2ccccc21. The standard InChI is InChI=1S/C16H13NO/c18-16-13(10-12-6-4-5-9-15(12)16)11-17-14-7-2-1-3-8-14/h1-9,11,17H,10H2/b13-11+. The fourth-order valence-corrected chi connectivity index (χ4v) is 2.18. The molecule has 0 unspecified atom stereocenters. The molecule has 0 saturated carbocycles. The van der Waals surface area contributed by atoms with E-state index in [1.807, 2.05) is 60.8 Å². The molecule has 1 aliphatic carbocycles. The number of hydrogen-bond acceptors (Lipinski definition) is 2. The van der Waals surface area contributed by atoms with E-state index in [0.29, 0.717) is 0 Å². The molecule has 1 N–H and O–H groups in total. The number of Topliss-reactive ketones (excluding diaryl/α,β-unsaturated/α-hetero) is 1. The number of ketones is 1. The highest BCUT2D eigenvalue weighted by Gasteiger charge is 2.23. The van der Waals surface area contributed by atoms with Crippen LogP contribution in [0.25, 0.3) is 0 Å². The Labute approximate surface area is 106 Å². The molecular formula is C16H13NO. The van der Waals surface area contributed by atoms with Crippen molar-refractivity contribution in [2.24, 2.45) is 0 Å². The lowest BCUT2D eigenvalue weighted by atomic mass is 10.1. The molecule has 0 amide bonds. The Hall–Kier alpha value is -2.35. The Morgan fingerprint density at radius 2 is 1.67 bits per heavy atom. The van der Waals surface area contributed by atoms with Crippen LogP contribution in [0, 0.1) is 0 Å². The van der Waals surface area contributed by atoms with Gasteiger partial charge in [-0.05, 0) is 17.7 Å². The van der Waals surface area contributed by atoms with E-state index >= 15 is 0 Å². The number of para-hydroxylation sites is 1. The van der Waals surface area contributed by atoms with E-state index in [1.54, 1.807) is 0 Å². The molecule has 18 heavy (non-hydrogen) atoms. The van der Waals surface area contributed by atoms with Crippen molar-refractivity contribution in [3.8, 4) is 0 Å². The fourth-order valence-electron chi connectivity index (χ4n) is 2.18. The molecule has 0 aliphatic heterocycles. The van der Waals surface area contributed by atoms with Crippen LogP contribution in [0.2, 0.25) is 0 Å². The molecule has 2 nitrogen and oxygen atoms in total. The van der Waals surface area contributed by atoms with Crippen molar-refractivity contribution in [1.82, 2.24) is 0 Å². The molecule has 88 valence electrons. The van der Waals surface area contributed by atoms with Crippen molar-refractivity contribution < 1.29 is 4.79 Å². The van der Waals surface area contributed by atoms with Crippen LogP contribution in [0.15, 0.2) is 66.4 Å². The molecule has 0 atom stereocenters. The summed E-state index contributed by atoms with van der Waals surface area (Å²) in [6.45, 7) is 0. The van der Waals surface area contributed by atoms with Crippen molar-refractivity contribution in [3.05, 3.63) is 77.5 Å². The summed E-state index contributed by atoms with van der Waals surface area (Å²) in [6, 6.07) is 17.6. The fraction of sp³-hybridized carbons (Fsp3) is 0.0625. The van der Waals surface area contributed by atoms with Gasteiger partial charge in [0.05, 0.1) is 0 Å². The number of rotatable bonds is 2. The third kappa shape index (κ3) is 1.93. The van der Waals surface area contributed by atoms with E-state index < -0.39 is 0 Å². The molecule has 0 saturated heterocycles. The maximum atomic E-state index is 12.1. The monoisotopic (exact) mass is 235 g/mol. The zero-order valence-electron chi connectivity index (χ0n) is 9.89. The summed E-state index contributed by atoms with van der Waals surface area (Å²) >= 11 is 0. The van der Waals surface area contributed by atoms with Gasteiger partial charge in [0.25, 0.3) is 0 Å². The average molecular weight is 235 g/mol. The second kappa shape index (κ2) is 4.49. The summed E-state index contributed by atoms with van der Waals surface area (Å²) in [7, 11) is 0. The first-order valence-corrected chi connectivity index (χ1v) is 5.98. The first-order valence-electron chi connectivity index (χ1n) is 5.98. The topological polar surface area (TPSA) is 29.1 Å². The van der Waals surface area contributed by atoms with Gasteiger partial charge in [-0.25, -0.2) is 0 Å². The molecule has 0 spiro atoms. The van der Waals surface area contributed by atoms with Gasteiger partial charge in [-0.2, -0.15) is 0 Å². The highest BCUT2D eigenvalue weighted by Crippen LogP contribution is 2.25. The summed E-state index contributed by atoms with van der Waals surface area (Å²) < 4.78 is 0. The van der Waals surface area contributed by atoms with Gasteiger partial charge in [-0.1, -0.05) is 42.5 Å². The van der Waals surface area contributed by atoms with Crippen LogP contribution in [0.1, 0.15) is 15.9 Å². The molecule has 2 aromatic carbocycles. The predicted molar refractivity (Wildman–Crippen MR) is 72.6 cm³/mol. The molecule has 0 aromatic heterocycles. The van der Waals surface area contributed by atoms with Crippen LogP contribution in [0.5, 0.6) is 0 Å². The Morgan fingerprint density at radius 3 is 2.44 bits per heavy atom. The van der Waals surface area contributed by atoms with E-state index in [4.69, 9.17) is 0 Å². The molecule has 2 heteroatoms. The van der Waals surface area contributed by atoms with Gasteiger partial charge in [0, 0.05) is 29.4 Å². The molecule has 1 aliphatic rings. The van der Waals surface area contributed by atoms with Crippen molar-refractivity contribution >= 4 is 11.5 Å². The van der Waals surface area contributed by atoms with Gasteiger partial charge in [0.1, 0.15) is 0 Å². The molecule has 3 rings (SSSR count). The minimum absolute atomic E-state index is 0.133. The predicted octanol–water partition coefficient (Wildman–Crippen LogP) is 3.42. The number of anilines is 1. The van der Waals surface area contributed by atoms with Crippen LogP contribution >= 0.6 is 0 Å². The largest absolute Gasteiger partial charge is 0.361 e. The maximum Gasteiger partial charge on any atom is 0.191 e. The van der Waals surface area contributed by atoms with E-state index in [0.717, 1.165) is 28.8 Å². The van der Waals surface area contributed by atoms with Gasteiger partial charge in [0.2, 0.25) is 0 Å². The third-order valence-electron chi connectivity index (χ3n) is 3.12. The van der Waals surface area contributed by atoms with Gasteiger partial charge < -0.3 is 5.32 Å². The first kappa shape index (κ1) is 10.8. The van der Waals surface area contributed by atoms with Crippen LogP contribution < -0.4 is 5.32 Å². The molecule has 2 aromatic rings. The summed E-state index contributed by atoms with van der Waals surface area (Å²) in [5.74, 6) is 0.133. The molecule has 0 fully saturated rings. The second-order valence-corrected chi connectivity index (χ2v) is 4.34. The lowest BCUT2D eigenvalue weighted by Gasteiger charge is -2.01. The normalized spacial score (nSPS) is 15.8. The Kier molecular flexibility index (Phi) is 2.69. The van der Waals surface area contributed by atoms with E-state index in [-0.39, 0.29) is 5.78 Å². The number of fused-ring (bicyclic) bond motifs is 1. The zero-order valence-corrected chi connectivity index (χ0v) is 9.89. The Bertz CT molecular complexity index is 614. The van der Waals surface area contributed by atoms with Gasteiger partial charge in [0.15, 0.2) is 5.78 Å². The van der Waals surface area contributed by atoms with E-state index in [9.17, 15) is 4.79 Å². The third-order valence-corrected chi connectivity index (χ3v) is 3.12. The lowest BCUT2D eigenvalue weighted by molar-refractivity contribution is 0.103. The van der Waals surface area contributed by atoms with Crippen molar-refractivity contribution in [2.75, 3.05) is 5.32 Å². The number of nitrogens with one attached hydrogen (secondary N) is 1. The van der Waals surface area contributed by atoms with Crippen LogP contribution in [0.4, 0.5) is 5.69 Å². The van der Waals surface area contributed by atoms with Crippen LogP contribution in [-0.4, -0.2) is 5.78 Å². The highest BCUT2D eigenvalue weighted by molar-refractivity contribution is 6.13. The smallest absolute Gasteiger partial charge is 0.191 e. The van der Waals surface area contributed by atoms with Crippen LogP contribution in [0.3, 0.4) is 0 Å². The van der Waals surface area contributed by atoms with Crippen LogP contribution in [-0.2, 0) is 6.42 Å². The summed E-state index contributed by atoms with van der Waals surface area (Å²) in [5, 5.41) is 3.17. The Balaban J connectivity index is 1.82. The average Bonchev–Trinajstić information content (AvgIpc) is 2.75. The Morgan fingerprint density at radius 1 is 0.944 bits per heavy atom. The van der Waals surface area contributed by atoms with E-state index in [1.165, 1.54) is 0 Å². The highest BCUT2D eigenvalue weighted by atomic mass is 16.1. The molecule has 0 bridgehead atoms. The number of allylic oxidation sites excluding steroid dienone is 1. The van der Waals surface area contributed by atoms with E-state index in [2.05, 4.69) is 5.32 Å². The first-order chi connectivity index (χ1) is 8.84. The van der Waals surface area contributed by atoms with Crippen molar-refractivity contribution in [2.45, 2.75) is 6.42 Å². The zero-order chi connectivity index (χ0) is 12.4. The number of carbonyl (C=O) groups is 1. The summed E-state index contributed by atoms with van der Waals surface area (Å²) in [4.78, 5) is 12.1. The van der Waals surface area contributed by atoms with Crippen molar-refractivity contribution in [1.29, 1.82) is 0 Å². The minimum atomic E-state index is 0.133. The van der Waals surface area contributed by atoms with Gasteiger partial charge in [-0.3, -0.25) is 4.79 Å². The van der Waals surface area contributed by atoms with Gasteiger partial charge in [-0.15, -0.1) is 0 Å². The number of hydrogen-bond donors (Lipinski definition) is 1. The lowest BCUT2D eigenvalue weighted by Crippen LogP contribution is -1.98. The maximum absolute atomic E-state index is 12.1. The van der Waals surface area contributed by atoms with Gasteiger partial charge >= 0.3 is 0 Å². The summed E-state index contributed by atoms with van der Waals surface area (Å²) in [6.07, 6.45) is 2.53. The molecule has 0 heterocycles. The number of carbonyl (C=O) groups excluding carboxylic acids is 1. The second-order valence-electron chi connectivity index (χ2n) is 4.34. The molecular weight excluding hydrogens is 222 g/mol. The summed E-state index contributed by atoms with van der Waals surface area (Å²) in [5.41, 5.74) is 3.76. The number of benzene rings is 2. The van der Waals surface area contributed by atoms with Crippen molar-refractivity contribution in [3.63, 3.8) is 0 Å². The minimum Gasteiger partial charge on any atom is -0.361 e.